The fourth-order valence-electron chi connectivity index (χ4n) is 1.04. The molecule has 0 spiro atoms. The number of hydrogen-bond acceptors (Lipinski definition) is 5. The van der Waals surface area contributed by atoms with E-state index < -0.39 is 10.0 Å². The molecule has 16 heavy (non-hydrogen) atoms. The van der Waals surface area contributed by atoms with Gasteiger partial charge in [-0.25, -0.2) is 13.1 Å². The summed E-state index contributed by atoms with van der Waals surface area (Å²) in [5, 5.41) is 17.1. The van der Waals surface area contributed by atoms with Crippen molar-refractivity contribution in [1.29, 1.82) is 5.26 Å². The molecule has 0 aliphatic heterocycles. The van der Waals surface area contributed by atoms with Crippen LogP contribution in [0.5, 0.6) is 0 Å². The standard InChI is InChI=1S/C9H12N2O3S2/c10-7-8-3-4-9(15-8)16(13,14)11-5-1-2-6-12/h3-4,11-12H,1-2,5-6H2. The topological polar surface area (TPSA) is 90.2 Å². The Hall–Kier alpha value is -0.940. The Morgan fingerprint density at radius 3 is 2.75 bits per heavy atom. The summed E-state index contributed by atoms with van der Waals surface area (Å²) in [6, 6.07) is 4.78. The summed E-state index contributed by atoms with van der Waals surface area (Å²) < 4.78 is 25.9. The molecule has 0 radical (unpaired) electrons. The van der Waals surface area contributed by atoms with Crippen molar-refractivity contribution in [1.82, 2.24) is 4.72 Å². The molecule has 0 amide bonds. The lowest BCUT2D eigenvalue weighted by Gasteiger charge is -2.03. The highest BCUT2D eigenvalue weighted by Crippen LogP contribution is 2.20. The molecule has 0 saturated heterocycles. The molecule has 0 aliphatic rings. The summed E-state index contributed by atoms with van der Waals surface area (Å²) in [5.74, 6) is 0. The predicted octanol–water partition coefficient (Wildman–Crippen LogP) is 0.671. The maximum Gasteiger partial charge on any atom is 0.250 e. The minimum absolute atomic E-state index is 0.0549. The van der Waals surface area contributed by atoms with Crippen LogP contribution in [0.4, 0.5) is 0 Å². The van der Waals surface area contributed by atoms with Crippen LogP contribution < -0.4 is 4.72 Å². The third kappa shape index (κ3) is 3.57. The van der Waals surface area contributed by atoms with Gasteiger partial charge in [0.2, 0.25) is 10.0 Å². The highest BCUT2D eigenvalue weighted by molar-refractivity contribution is 7.91. The molecule has 88 valence electrons. The van der Waals surface area contributed by atoms with Gasteiger partial charge in [0.15, 0.2) is 0 Å². The van der Waals surface area contributed by atoms with Crippen LogP contribution in [-0.2, 0) is 10.0 Å². The number of thiophene rings is 1. The zero-order valence-corrected chi connectivity index (χ0v) is 10.1. The number of aliphatic hydroxyl groups is 1. The van der Waals surface area contributed by atoms with Crippen molar-refractivity contribution in [2.75, 3.05) is 13.2 Å². The lowest BCUT2D eigenvalue weighted by atomic mass is 10.3. The zero-order chi connectivity index (χ0) is 12.0. The number of nitriles is 1. The largest absolute Gasteiger partial charge is 0.396 e. The molecular formula is C9H12N2O3S2. The summed E-state index contributed by atoms with van der Waals surface area (Å²) in [5.41, 5.74) is 0. The Morgan fingerprint density at radius 1 is 1.44 bits per heavy atom. The maximum atomic E-state index is 11.7. The Bertz CT molecular complexity index is 473. The second-order valence-corrected chi connectivity index (χ2v) is 6.14. The van der Waals surface area contributed by atoms with E-state index in [0.29, 0.717) is 24.3 Å². The number of aliphatic hydroxyl groups excluding tert-OH is 1. The number of unbranched alkanes of at least 4 members (excludes halogenated alkanes) is 1. The Balaban J connectivity index is 2.61. The van der Waals surface area contributed by atoms with Crippen LogP contribution in [-0.4, -0.2) is 26.7 Å². The smallest absolute Gasteiger partial charge is 0.250 e. The molecule has 0 unspecified atom stereocenters. The summed E-state index contributed by atoms with van der Waals surface area (Å²) in [7, 11) is -3.49. The van der Waals surface area contributed by atoms with E-state index >= 15 is 0 Å². The summed E-state index contributed by atoms with van der Waals surface area (Å²) in [6.45, 7) is 0.349. The van der Waals surface area contributed by atoms with E-state index in [1.165, 1.54) is 12.1 Å². The van der Waals surface area contributed by atoms with Gasteiger partial charge in [-0.15, -0.1) is 11.3 Å². The third-order valence-electron chi connectivity index (χ3n) is 1.83. The molecule has 5 nitrogen and oxygen atoms in total. The monoisotopic (exact) mass is 260 g/mol. The lowest BCUT2D eigenvalue weighted by Crippen LogP contribution is -2.24. The molecule has 0 aliphatic carbocycles. The van der Waals surface area contributed by atoms with Crippen LogP contribution in [0, 0.1) is 11.3 Å². The fraction of sp³-hybridized carbons (Fsp3) is 0.444. The quantitative estimate of drug-likeness (QED) is 0.736. The molecule has 0 atom stereocenters. The van der Waals surface area contributed by atoms with Crippen LogP contribution in [0.2, 0.25) is 0 Å². The highest BCUT2D eigenvalue weighted by Gasteiger charge is 2.15. The summed E-state index contributed by atoms with van der Waals surface area (Å²) in [6.07, 6.45) is 1.16. The first kappa shape index (κ1) is 13.1. The van der Waals surface area contributed by atoms with E-state index in [4.69, 9.17) is 10.4 Å². The summed E-state index contributed by atoms with van der Waals surface area (Å²) in [4.78, 5) is 0.371. The van der Waals surface area contributed by atoms with Gasteiger partial charge < -0.3 is 5.11 Å². The van der Waals surface area contributed by atoms with Gasteiger partial charge >= 0.3 is 0 Å². The second-order valence-electron chi connectivity index (χ2n) is 3.06. The van der Waals surface area contributed by atoms with Crippen LogP contribution >= 0.6 is 11.3 Å². The fourth-order valence-corrected chi connectivity index (χ4v) is 3.26. The third-order valence-corrected chi connectivity index (χ3v) is 4.78. The molecular weight excluding hydrogens is 248 g/mol. The van der Waals surface area contributed by atoms with Crippen LogP contribution in [0.1, 0.15) is 17.7 Å². The van der Waals surface area contributed by atoms with E-state index in [9.17, 15) is 8.42 Å². The van der Waals surface area contributed by atoms with Crippen LogP contribution in [0.3, 0.4) is 0 Å². The van der Waals surface area contributed by atoms with E-state index in [1.54, 1.807) is 0 Å². The van der Waals surface area contributed by atoms with Crippen molar-refractivity contribution in [3.05, 3.63) is 17.0 Å². The van der Waals surface area contributed by atoms with Crippen LogP contribution in [0.25, 0.3) is 0 Å². The highest BCUT2D eigenvalue weighted by atomic mass is 32.2. The van der Waals surface area contributed by atoms with Gasteiger partial charge in [-0.2, -0.15) is 5.26 Å². The molecule has 0 aromatic carbocycles. The van der Waals surface area contributed by atoms with Gasteiger partial charge in [-0.1, -0.05) is 0 Å². The number of nitrogens with one attached hydrogen (secondary N) is 1. The van der Waals surface area contributed by atoms with E-state index in [1.807, 2.05) is 6.07 Å². The zero-order valence-electron chi connectivity index (χ0n) is 8.51. The average molecular weight is 260 g/mol. The normalized spacial score (nSPS) is 11.2. The van der Waals surface area contributed by atoms with Crippen LogP contribution in [0.15, 0.2) is 16.3 Å². The Kier molecular flexibility index (Phi) is 4.89. The molecule has 1 rings (SSSR count). The second kappa shape index (κ2) is 5.96. The SMILES string of the molecule is N#Cc1ccc(S(=O)(=O)NCCCCO)s1. The van der Waals surface area contributed by atoms with Crippen molar-refractivity contribution in [2.45, 2.75) is 17.1 Å². The number of hydrogen-bond donors (Lipinski definition) is 2. The minimum atomic E-state index is -3.49. The van der Waals surface area contributed by atoms with Crippen molar-refractivity contribution >= 4 is 21.4 Å². The van der Waals surface area contributed by atoms with Gasteiger partial charge in [-0.05, 0) is 25.0 Å². The first-order valence-corrected chi connectivity index (χ1v) is 7.00. The molecule has 0 saturated carbocycles. The lowest BCUT2D eigenvalue weighted by molar-refractivity contribution is 0.285. The van der Waals surface area contributed by atoms with Gasteiger partial charge in [0, 0.05) is 13.2 Å². The molecule has 1 heterocycles. The predicted molar refractivity (Wildman–Crippen MR) is 60.5 cm³/mol. The average Bonchev–Trinajstić information content (AvgIpc) is 2.73. The van der Waals surface area contributed by atoms with Gasteiger partial charge in [0.05, 0.1) is 0 Å². The molecule has 1 aromatic rings. The maximum absolute atomic E-state index is 11.7. The summed E-state index contributed by atoms with van der Waals surface area (Å²) >= 11 is 0.943. The first-order valence-electron chi connectivity index (χ1n) is 4.70. The Morgan fingerprint density at radius 2 is 2.19 bits per heavy atom. The van der Waals surface area contributed by atoms with Crippen molar-refractivity contribution < 1.29 is 13.5 Å². The molecule has 0 bridgehead atoms. The number of sulfonamides is 1. The Labute approximate surface area is 98.4 Å². The van der Waals surface area contributed by atoms with E-state index in [2.05, 4.69) is 4.72 Å². The van der Waals surface area contributed by atoms with E-state index in [0.717, 1.165) is 11.3 Å². The van der Waals surface area contributed by atoms with E-state index in [-0.39, 0.29) is 10.8 Å². The minimum Gasteiger partial charge on any atom is -0.396 e. The number of rotatable bonds is 6. The van der Waals surface area contributed by atoms with Gasteiger partial charge in [0.1, 0.15) is 15.2 Å². The van der Waals surface area contributed by atoms with Crippen molar-refractivity contribution in [2.24, 2.45) is 0 Å². The number of nitrogens with zero attached hydrogens (tertiary/aromatic N) is 1. The van der Waals surface area contributed by atoms with Crippen molar-refractivity contribution in [3.8, 4) is 6.07 Å². The molecule has 2 N–H and O–H groups in total. The molecule has 0 fully saturated rings. The van der Waals surface area contributed by atoms with Gasteiger partial charge in [0.25, 0.3) is 0 Å². The molecule has 7 heteroatoms. The first-order chi connectivity index (χ1) is 7.60. The van der Waals surface area contributed by atoms with Crippen molar-refractivity contribution in [3.63, 3.8) is 0 Å². The van der Waals surface area contributed by atoms with Gasteiger partial charge in [-0.3, -0.25) is 0 Å². The molecule has 1 aromatic heterocycles.